The van der Waals surface area contributed by atoms with Gasteiger partial charge in [-0.15, -0.1) is 0 Å². The molecule has 0 spiro atoms. The molecule has 18 heavy (non-hydrogen) atoms. The summed E-state index contributed by atoms with van der Waals surface area (Å²) in [6.07, 6.45) is 0. The van der Waals surface area contributed by atoms with Gasteiger partial charge in [0.05, 0.1) is 0 Å². The number of rotatable bonds is 1. The van der Waals surface area contributed by atoms with Crippen molar-refractivity contribution in [2.24, 2.45) is 0 Å². The predicted molar refractivity (Wildman–Crippen MR) is 70.3 cm³/mol. The molecule has 1 aromatic carbocycles. The van der Waals surface area contributed by atoms with Crippen LogP contribution in [0.2, 0.25) is 0 Å². The number of fused-ring (bicyclic) bond motifs is 1. The maximum Gasteiger partial charge on any atom is 0.351 e. The summed E-state index contributed by atoms with van der Waals surface area (Å²) in [4.78, 5) is 22.1. The highest BCUT2D eigenvalue weighted by Gasteiger charge is 2.13. The van der Waals surface area contributed by atoms with Crippen LogP contribution in [0.25, 0.3) is 11.0 Å². The van der Waals surface area contributed by atoms with E-state index in [9.17, 15) is 9.59 Å². The standard InChI is InChI=1S/C12H10O4.C2H6/c1-6-3-7(2)10-8(4-6)5-9(11(13)14)12(15)16-10;1-2/h3-5H,1-2H3,(H,13,14);1-2H3. The summed E-state index contributed by atoms with van der Waals surface area (Å²) in [5.41, 5.74) is 1.12. The van der Waals surface area contributed by atoms with E-state index in [-0.39, 0.29) is 5.56 Å². The van der Waals surface area contributed by atoms with Crippen molar-refractivity contribution in [1.82, 2.24) is 0 Å². The molecule has 0 aliphatic carbocycles. The largest absolute Gasteiger partial charge is 0.477 e. The van der Waals surface area contributed by atoms with E-state index in [2.05, 4.69) is 0 Å². The third kappa shape index (κ3) is 2.59. The van der Waals surface area contributed by atoms with Crippen molar-refractivity contribution in [3.63, 3.8) is 0 Å². The monoisotopic (exact) mass is 248 g/mol. The Morgan fingerprint density at radius 1 is 1.17 bits per heavy atom. The van der Waals surface area contributed by atoms with E-state index in [0.717, 1.165) is 11.1 Å². The lowest BCUT2D eigenvalue weighted by Crippen LogP contribution is -2.13. The molecule has 0 saturated heterocycles. The van der Waals surface area contributed by atoms with Gasteiger partial charge in [-0.3, -0.25) is 0 Å². The molecule has 0 aliphatic rings. The van der Waals surface area contributed by atoms with Crippen LogP contribution in [0.1, 0.15) is 35.3 Å². The van der Waals surface area contributed by atoms with E-state index in [1.54, 1.807) is 6.07 Å². The Morgan fingerprint density at radius 3 is 2.33 bits per heavy atom. The zero-order valence-electron chi connectivity index (χ0n) is 10.9. The van der Waals surface area contributed by atoms with Crippen molar-refractivity contribution in [3.05, 3.63) is 45.3 Å². The summed E-state index contributed by atoms with van der Waals surface area (Å²) in [7, 11) is 0. The molecule has 4 heteroatoms. The predicted octanol–water partition coefficient (Wildman–Crippen LogP) is 3.13. The number of aromatic carboxylic acids is 1. The Labute approximate surface area is 105 Å². The average molecular weight is 248 g/mol. The molecular formula is C14H16O4. The molecule has 2 aromatic rings. The first kappa shape index (κ1) is 14.0. The number of aryl methyl sites for hydroxylation is 2. The quantitative estimate of drug-likeness (QED) is 0.787. The van der Waals surface area contributed by atoms with Crippen LogP contribution in [0.15, 0.2) is 27.4 Å². The molecule has 0 fully saturated rings. The highest BCUT2D eigenvalue weighted by Crippen LogP contribution is 2.19. The Kier molecular flexibility index (Phi) is 4.26. The van der Waals surface area contributed by atoms with E-state index >= 15 is 0 Å². The summed E-state index contributed by atoms with van der Waals surface area (Å²) in [5.74, 6) is -1.27. The number of carboxylic acids is 1. The third-order valence-corrected chi connectivity index (χ3v) is 2.39. The van der Waals surface area contributed by atoms with Crippen molar-refractivity contribution in [3.8, 4) is 0 Å². The fourth-order valence-electron chi connectivity index (χ4n) is 1.75. The first-order chi connectivity index (χ1) is 8.49. The molecular weight excluding hydrogens is 232 g/mol. The molecule has 4 nitrogen and oxygen atoms in total. The number of hydrogen-bond acceptors (Lipinski definition) is 3. The van der Waals surface area contributed by atoms with Crippen LogP contribution in [0.4, 0.5) is 0 Å². The van der Waals surface area contributed by atoms with Gasteiger partial charge in [0.2, 0.25) is 0 Å². The number of hydrogen-bond donors (Lipinski definition) is 1. The maximum atomic E-state index is 11.4. The van der Waals surface area contributed by atoms with Gasteiger partial charge in [0.25, 0.3) is 0 Å². The van der Waals surface area contributed by atoms with Crippen molar-refractivity contribution < 1.29 is 14.3 Å². The van der Waals surface area contributed by atoms with Crippen LogP contribution in [0, 0.1) is 13.8 Å². The van der Waals surface area contributed by atoms with Crippen LogP contribution in [-0.4, -0.2) is 11.1 Å². The van der Waals surface area contributed by atoms with E-state index in [4.69, 9.17) is 9.52 Å². The van der Waals surface area contributed by atoms with E-state index in [1.807, 2.05) is 33.8 Å². The molecule has 0 amide bonds. The second kappa shape index (κ2) is 5.49. The normalized spacial score (nSPS) is 9.78. The van der Waals surface area contributed by atoms with Gasteiger partial charge < -0.3 is 9.52 Å². The van der Waals surface area contributed by atoms with Gasteiger partial charge in [-0.05, 0) is 31.5 Å². The molecule has 0 atom stereocenters. The summed E-state index contributed by atoms with van der Waals surface area (Å²) >= 11 is 0. The summed E-state index contributed by atoms with van der Waals surface area (Å²) < 4.78 is 5.00. The summed E-state index contributed by atoms with van der Waals surface area (Å²) in [5, 5.41) is 9.44. The highest BCUT2D eigenvalue weighted by atomic mass is 16.4. The van der Waals surface area contributed by atoms with Crippen molar-refractivity contribution in [2.75, 3.05) is 0 Å². The minimum absolute atomic E-state index is 0.336. The number of carbonyl (C=O) groups is 1. The number of benzene rings is 1. The molecule has 96 valence electrons. The molecule has 1 aromatic heterocycles. The van der Waals surface area contributed by atoms with Gasteiger partial charge in [0.1, 0.15) is 11.1 Å². The summed E-state index contributed by atoms with van der Waals surface area (Å²) in [6, 6.07) is 5.02. The lowest BCUT2D eigenvalue weighted by atomic mass is 10.1. The zero-order chi connectivity index (χ0) is 13.9. The minimum atomic E-state index is -1.27. The Morgan fingerprint density at radius 2 is 1.78 bits per heavy atom. The Hall–Kier alpha value is -2.10. The number of carboxylic acid groups (broad SMARTS) is 1. The lowest BCUT2D eigenvalue weighted by Gasteiger charge is -2.03. The van der Waals surface area contributed by atoms with Crippen LogP contribution in [0.3, 0.4) is 0 Å². The molecule has 0 radical (unpaired) electrons. The molecule has 1 N–H and O–H groups in total. The van der Waals surface area contributed by atoms with Gasteiger partial charge in [0, 0.05) is 5.39 Å². The van der Waals surface area contributed by atoms with Crippen LogP contribution in [-0.2, 0) is 0 Å². The SMILES string of the molecule is CC.Cc1cc(C)c2oc(=O)c(C(=O)O)cc2c1. The van der Waals surface area contributed by atoms with Gasteiger partial charge in [-0.2, -0.15) is 0 Å². The van der Waals surface area contributed by atoms with Crippen molar-refractivity contribution in [2.45, 2.75) is 27.7 Å². The second-order valence-electron chi connectivity index (χ2n) is 3.75. The molecule has 0 bridgehead atoms. The fraction of sp³-hybridized carbons (Fsp3) is 0.286. The molecule has 1 heterocycles. The van der Waals surface area contributed by atoms with E-state index < -0.39 is 11.6 Å². The maximum absolute atomic E-state index is 11.4. The molecule has 2 rings (SSSR count). The van der Waals surface area contributed by atoms with Crippen molar-refractivity contribution >= 4 is 16.9 Å². The molecule has 0 saturated carbocycles. The van der Waals surface area contributed by atoms with Gasteiger partial charge in [0.15, 0.2) is 0 Å². The van der Waals surface area contributed by atoms with Crippen LogP contribution >= 0.6 is 0 Å². The van der Waals surface area contributed by atoms with Gasteiger partial charge in [-0.25, -0.2) is 9.59 Å². The fourth-order valence-corrected chi connectivity index (χ4v) is 1.75. The van der Waals surface area contributed by atoms with E-state index in [0.29, 0.717) is 11.0 Å². The Balaban J connectivity index is 0.000000771. The smallest absolute Gasteiger partial charge is 0.351 e. The average Bonchev–Trinajstić information content (AvgIpc) is 2.32. The topological polar surface area (TPSA) is 67.5 Å². The third-order valence-electron chi connectivity index (χ3n) is 2.39. The Bertz CT molecular complexity index is 638. The highest BCUT2D eigenvalue weighted by molar-refractivity contribution is 5.92. The molecule has 0 unspecified atom stereocenters. The summed E-state index contributed by atoms with van der Waals surface area (Å²) in [6.45, 7) is 7.72. The van der Waals surface area contributed by atoms with Crippen LogP contribution < -0.4 is 5.63 Å². The second-order valence-corrected chi connectivity index (χ2v) is 3.75. The van der Waals surface area contributed by atoms with Gasteiger partial charge >= 0.3 is 11.6 Å². The first-order valence-corrected chi connectivity index (χ1v) is 5.77. The van der Waals surface area contributed by atoms with E-state index in [1.165, 1.54) is 6.07 Å². The first-order valence-electron chi connectivity index (χ1n) is 5.77. The van der Waals surface area contributed by atoms with Crippen LogP contribution in [0.5, 0.6) is 0 Å². The zero-order valence-corrected chi connectivity index (χ0v) is 10.9. The minimum Gasteiger partial charge on any atom is -0.477 e. The molecule has 0 aliphatic heterocycles. The lowest BCUT2D eigenvalue weighted by molar-refractivity contribution is 0.0692. The van der Waals surface area contributed by atoms with Gasteiger partial charge in [-0.1, -0.05) is 25.5 Å². The van der Waals surface area contributed by atoms with Crippen molar-refractivity contribution in [1.29, 1.82) is 0 Å².